The van der Waals surface area contributed by atoms with Crippen LogP contribution in [-0.4, -0.2) is 7.92 Å². The minimum atomic E-state index is 0.409. The van der Waals surface area contributed by atoms with E-state index in [2.05, 4.69) is 4.86 Å². The SMILES string of the molecule is ClN1PNPN(Cl)P1. The summed E-state index contributed by atoms with van der Waals surface area (Å²) >= 11 is 11.2. The Morgan fingerprint density at radius 3 is 1.88 bits per heavy atom. The second-order valence-electron chi connectivity index (χ2n) is 1.01. The molecule has 0 spiro atoms. The van der Waals surface area contributed by atoms with Gasteiger partial charge >= 0.3 is 0 Å². The monoisotopic (exact) mass is 209 g/mol. The van der Waals surface area contributed by atoms with Crippen LogP contribution in [0.25, 0.3) is 0 Å². The van der Waals surface area contributed by atoms with E-state index >= 15 is 0 Å². The van der Waals surface area contributed by atoms with Gasteiger partial charge in [0.2, 0.25) is 0 Å². The van der Waals surface area contributed by atoms with Crippen molar-refractivity contribution in [3.05, 3.63) is 0 Å². The maximum Gasteiger partial charge on any atom is 0.0662 e. The van der Waals surface area contributed by atoms with Crippen LogP contribution in [0.3, 0.4) is 0 Å². The van der Waals surface area contributed by atoms with Gasteiger partial charge in [0.05, 0.1) is 8.88 Å². The van der Waals surface area contributed by atoms with Crippen LogP contribution in [0.1, 0.15) is 0 Å². The average molecular weight is 210 g/mol. The number of rotatable bonds is 0. The predicted molar refractivity (Wildman–Crippen MR) is 43.5 cm³/mol. The molecule has 3 nitrogen and oxygen atoms in total. The summed E-state index contributed by atoms with van der Waals surface area (Å²) < 4.78 is 3.26. The third kappa shape index (κ3) is 2.56. The lowest BCUT2D eigenvalue weighted by Crippen LogP contribution is -2.06. The average Bonchev–Trinajstić information content (AvgIpc) is 1.64. The normalized spacial score (nSPS) is 35.2. The predicted octanol–water partition coefficient (Wildman–Crippen LogP) is 2.03. The molecule has 8 heavy (non-hydrogen) atoms. The molecule has 0 aromatic carbocycles. The lowest BCUT2D eigenvalue weighted by atomic mass is 13.7. The van der Waals surface area contributed by atoms with Crippen LogP contribution >= 0.6 is 50.2 Å². The zero-order valence-corrected chi connectivity index (χ0v) is 8.16. The van der Waals surface area contributed by atoms with Crippen molar-refractivity contribution in [2.24, 2.45) is 0 Å². The molecule has 0 radical (unpaired) electrons. The molecule has 1 fully saturated rings. The zero-order chi connectivity index (χ0) is 5.98. The number of nitrogens with zero attached hydrogens (tertiary/aromatic N) is 2. The molecule has 1 rings (SSSR count). The highest BCUT2D eigenvalue weighted by molar-refractivity contribution is 7.67. The first-order valence-electron chi connectivity index (χ1n) is 1.73. The third-order valence-electron chi connectivity index (χ3n) is 0.484. The lowest BCUT2D eigenvalue weighted by Gasteiger charge is -2.24. The first-order valence-corrected chi connectivity index (χ1v) is 5.20. The van der Waals surface area contributed by atoms with Crippen LogP contribution in [0.4, 0.5) is 0 Å². The standard InChI is InChI=1S/Cl2H4N3P3/c1-4-6-3-7-5(2)8-4/h3,6-8H. The summed E-state index contributed by atoms with van der Waals surface area (Å²) in [5.74, 6) is 0. The molecule has 1 aliphatic heterocycles. The van der Waals surface area contributed by atoms with E-state index in [1.807, 2.05) is 0 Å². The highest BCUT2D eigenvalue weighted by Gasteiger charge is 2.12. The van der Waals surface area contributed by atoms with E-state index in [1.165, 1.54) is 0 Å². The molecular formula is H4Cl2N3P3. The molecule has 48 valence electrons. The van der Waals surface area contributed by atoms with Gasteiger partial charge < -0.3 is 0 Å². The summed E-state index contributed by atoms with van der Waals surface area (Å²) in [5.41, 5.74) is 0. The van der Waals surface area contributed by atoms with Crippen molar-refractivity contribution >= 4 is 50.2 Å². The van der Waals surface area contributed by atoms with Crippen LogP contribution < -0.4 is 4.86 Å². The topological polar surface area (TPSA) is 18.5 Å². The lowest BCUT2D eigenvalue weighted by molar-refractivity contribution is 1.05. The number of halogens is 2. The molecule has 0 bridgehead atoms. The molecule has 0 amide bonds. The summed E-state index contributed by atoms with van der Waals surface area (Å²) in [7, 11) is 1.43. The Hall–Kier alpha value is 1.75. The minimum absolute atomic E-state index is 0.409. The first kappa shape index (κ1) is 7.85. The second-order valence-corrected chi connectivity index (χ2v) is 7.15. The highest BCUT2D eigenvalue weighted by Crippen LogP contribution is 2.49. The van der Waals surface area contributed by atoms with Gasteiger partial charge in [0.15, 0.2) is 0 Å². The van der Waals surface area contributed by atoms with E-state index in [0.29, 0.717) is 26.6 Å². The molecule has 0 aromatic rings. The molecule has 0 aromatic heterocycles. The van der Waals surface area contributed by atoms with E-state index in [9.17, 15) is 0 Å². The van der Waals surface area contributed by atoms with Crippen molar-refractivity contribution in [3.63, 3.8) is 0 Å². The maximum absolute atomic E-state index is 5.59. The molecule has 0 saturated carbocycles. The second kappa shape index (κ2) is 3.81. The fourth-order valence-corrected chi connectivity index (χ4v) is 5.41. The van der Waals surface area contributed by atoms with Crippen molar-refractivity contribution in [2.75, 3.05) is 0 Å². The smallest absolute Gasteiger partial charge is 0.0662 e. The minimum Gasteiger partial charge on any atom is -0.251 e. The molecule has 1 saturated heterocycles. The van der Waals surface area contributed by atoms with Gasteiger partial charge in [-0.1, -0.05) is 0 Å². The zero-order valence-electron chi connectivity index (χ0n) is 3.65. The Kier molecular flexibility index (Phi) is 3.74. The van der Waals surface area contributed by atoms with Crippen molar-refractivity contribution < 1.29 is 0 Å². The van der Waals surface area contributed by atoms with Crippen LogP contribution in [0.2, 0.25) is 0 Å². The van der Waals surface area contributed by atoms with E-state index < -0.39 is 0 Å². The van der Waals surface area contributed by atoms with E-state index in [-0.39, 0.29) is 0 Å². The van der Waals surface area contributed by atoms with Gasteiger partial charge in [0.1, 0.15) is 0 Å². The summed E-state index contributed by atoms with van der Waals surface area (Å²) in [6.45, 7) is 0. The molecule has 1 N–H and O–H groups in total. The van der Waals surface area contributed by atoms with Gasteiger partial charge in [-0.05, 0) is 23.6 Å². The van der Waals surface area contributed by atoms with Crippen LogP contribution in [-0.2, 0) is 0 Å². The summed E-state index contributed by atoms with van der Waals surface area (Å²) in [6, 6.07) is 0. The van der Waals surface area contributed by atoms with Crippen molar-refractivity contribution in [3.8, 4) is 0 Å². The fraction of sp³-hybridized carbons (Fsp3) is 0. The maximum atomic E-state index is 5.59. The largest absolute Gasteiger partial charge is 0.251 e. The molecule has 2 unspecified atom stereocenters. The fourth-order valence-electron chi connectivity index (χ4n) is 0.250. The van der Waals surface area contributed by atoms with E-state index in [0.717, 1.165) is 0 Å². The van der Waals surface area contributed by atoms with Gasteiger partial charge in [0.25, 0.3) is 0 Å². The summed E-state index contributed by atoms with van der Waals surface area (Å²) in [6.07, 6.45) is 0. The van der Waals surface area contributed by atoms with Crippen LogP contribution in [0.5, 0.6) is 0 Å². The van der Waals surface area contributed by atoms with Crippen molar-refractivity contribution in [1.29, 1.82) is 0 Å². The molecular weight excluding hydrogens is 206 g/mol. The van der Waals surface area contributed by atoms with Gasteiger partial charge in [0, 0.05) is 17.8 Å². The Balaban J connectivity index is 2.23. The van der Waals surface area contributed by atoms with Crippen LogP contribution in [0.15, 0.2) is 0 Å². The van der Waals surface area contributed by atoms with E-state index in [1.54, 1.807) is 7.92 Å². The number of hydrogen-bond donors (Lipinski definition) is 1. The molecule has 8 heteroatoms. The Bertz CT molecular complexity index is 70.9. The summed E-state index contributed by atoms with van der Waals surface area (Å²) in [4.78, 5) is 3.03. The number of nitrogens with one attached hydrogen (secondary N) is 1. The number of hydrogen-bond acceptors (Lipinski definition) is 3. The van der Waals surface area contributed by atoms with Gasteiger partial charge in [-0.3, -0.25) is 4.86 Å². The first-order chi connectivity index (χ1) is 3.79. The highest BCUT2D eigenvalue weighted by atomic mass is 35.5. The van der Waals surface area contributed by atoms with Gasteiger partial charge in [-0.25, -0.2) is 0 Å². The van der Waals surface area contributed by atoms with E-state index in [4.69, 9.17) is 23.6 Å². The van der Waals surface area contributed by atoms with Crippen LogP contribution in [0, 0.1) is 0 Å². The molecule has 0 aliphatic carbocycles. The molecule has 1 aliphatic rings. The molecule has 2 atom stereocenters. The molecule has 1 heterocycles. The Labute approximate surface area is 63.3 Å². The van der Waals surface area contributed by atoms with Gasteiger partial charge in [-0.15, -0.1) is 0 Å². The van der Waals surface area contributed by atoms with Gasteiger partial charge in [-0.2, -0.15) is 7.92 Å². The Morgan fingerprint density at radius 2 is 1.62 bits per heavy atom. The van der Waals surface area contributed by atoms with Crippen molar-refractivity contribution in [1.82, 2.24) is 12.8 Å². The third-order valence-corrected chi connectivity index (χ3v) is 4.35. The quantitative estimate of drug-likeness (QED) is 0.487. The van der Waals surface area contributed by atoms with Crippen molar-refractivity contribution in [2.45, 2.75) is 0 Å². The Morgan fingerprint density at radius 1 is 1.12 bits per heavy atom. The summed E-state index contributed by atoms with van der Waals surface area (Å²) in [5, 5.41) is 0.